The molecule has 0 aliphatic rings. The van der Waals surface area contributed by atoms with E-state index in [4.69, 9.17) is 25.0 Å². The van der Waals surface area contributed by atoms with Crippen molar-refractivity contribution in [1.82, 2.24) is 0 Å². The van der Waals surface area contributed by atoms with Gasteiger partial charge in [0.25, 0.3) is 5.97 Å². The van der Waals surface area contributed by atoms with E-state index in [2.05, 4.69) is 0 Å². The van der Waals surface area contributed by atoms with Crippen LogP contribution in [0.3, 0.4) is 0 Å². The van der Waals surface area contributed by atoms with E-state index in [9.17, 15) is 0 Å². The van der Waals surface area contributed by atoms with Gasteiger partial charge in [-0.05, 0) is 0 Å². The normalized spacial score (nSPS) is 4.73. The zero-order valence-electron chi connectivity index (χ0n) is 7.16. The average molecular weight is 188 g/mol. The predicted octanol–water partition coefficient (Wildman–Crippen LogP) is -12.8. The molecule has 0 saturated heterocycles. The Hall–Kier alpha value is 2.41. The van der Waals surface area contributed by atoms with Crippen molar-refractivity contribution in [2.45, 2.75) is 6.92 Å². The smallest absolute Gasteiger partial charge is 0.907 e. The third-order valence-corrected chi connectivity index (χ3v) is 0. The summed E-state index contributed by atoms with van der Waals surface area (Å²) < 4.78 is 0. The van der Waals surface area contributed by atoms with Gasteiger partial charge in [-0.2, -0.15) is 0 Å². The van der Waals surface area contributed by atoms with Gasteiger partial charge in [-0.3, -0.25) is 12.1 Å². The Morgan fingerprint density at radius 2 is 1.18 bits per heavy atom. The summed E-state index contributed by atoms with van der Waals surface area (Å²) >= 11 is 0. The molecule has 0 aliphatic carbocycles. The Morgan fingerprint density at radius 1 is 1.18 bits per heavy atom. The fourth-order valence-electron chi connectivity index (χ4n) is 0. The molecule has 0 aromatic heterocycles. The molecule has 5 nitrogen and oxygen atoms in total. The van der Waals surface area contributed by atoms with Crippen LogP contribution < -0.4 is 104 Å². The summed E-state index contributed by atoms with van der Waals surface area (Å²) in [5.41, 5.74) is 0. The number of carbonyl (C=O) groups is 1. The zero-order chi connectivity index (χ0) is 7.15. The van der Waals surface area contributed by atoms with Crippen LogP contribution in [0.25, 0.3) is 0 Å². The molecule has 0 aromatic carbocycles. The Balaban J connectivity index is -0.0000000171. The van der Waals surface area contributed by atoms with Gasteiger partial charge in [0.1, 0.15) is 0 Å². The number of aliphatic carboxylic acids is 1. The van der Waals surface area contributed by atoms with Crippen molar-refractivity contribution in [3.05, 3.63) is 0 Å². The van der Waals surface area contributed by atoms with Crippen molar-refractivity contribution in [1.29, 1.82) is 0 Å². The molecular formula is C2H4BNa3O5. The topological polar surface area (TPSA) is 106 Å². The third kappa shape index (κ3) is 231. The van der Waals surface area contributed by atoms with E-state index < -0.39 is 13.3 Å². The first-order chi connectivity index (χ1) is 3.46. The second-order valence-corrected chi connectivity index (χ2v) is 0.808. The van der Waals surface area contributed by atoms with E-state index in [0.717, 1.165) is 6.92 Å². The molecule has 0 heterocycles. The summed E-state index contributed by atoms with van der Waals surface area (Å²) in [7, 11) is -2.92. The van der Waals surface area contributed by atoms with Crippen LogP contribution in [0.5, 0.6) is 0 Å². The molecule has 0 aromatic rings. The molecule has 0 unspecified atom stereocenters. The minimum Gasteiger partial charge on any atom is -0.907 e. The van der Waals surface area contributed by atoms with Crippen LogP contribution in [-0.2, 0) is 4.79 Å². The fraction of sp³-hybridized carbons (Fsp3) is 0.500. The summed E-state index contributed by atoms with van der Waals surface area (Å²) in [4.78, 5) is 9.00. The van der Waals surface area contributed by atoms with Gasteiger partial charge in [0.05, 0.1) is 0 Å². The molecule has 0 radical (unpaired) electrons. The van der Waals surface area contributed by atoms with Crippen molar-refractivity contribution in [2.24, 2.45) is 0 Å². The van der Waals surface area contributed by atoms with Crippen molar-refractivity contribution in [2.75, 3.05) is 0 Å². The van der Waals surface area contributed by atoms with Gasteiger partial charge in [-0.25, -0.2) is 0 Å². The molecular weight excluding hydrogens is 184 g/mol. The maximum atomic E-state index is 9.00. The molecule has 0 spiro atoms. The Morgan fingerprint density at radius 3 is 1.18 bits per heavy atom. The Labute approximate surface area is 132 Å². The van der Waals surface area contributed by atoms with Crippen LogP contribution in [0.4, 0.5) is 0 Å². The standard InChI is InChI=1S/C2H4O2.BO3.3Na/c1-2(3)4;2-1(3)4;;;/h1H3,(H,3,4);;;;/q;-3;3*+1. The zero-order valence-corrected chi connectivity index (χ0v) is 13.2. The molecule has 0 atom stereocenters. The molecule has 9 heteroatoms. The molecule has 0 saturated carbocycles. The van der Waals surface area contributed by atoms with Crippen molar-refractivity contribution in [3.8, 4) is 0 Å². The minimum atomic E-state index is -2.92. The number of rotatable bonds is 0. The molecule has 0 aliphatic heterocycles. The Kier molecular flexibility index (Phi) is 60.6. The Bertz CT molecular complexity index is 64.0. The van der Waals surface area contributed by atoms with Crippen LogP contribution in [0.1, 0.15) is 6.92 Å². The maximum absolute atomic E-state index is 9.00. The van der Waals surface area contributed by atoms with E-state index in [0.29, 0.717) is 0 Å². The van der Waals surface area contributed by atoms with Gasteiger partial charge in [-0.15, -0.1) is 0 Å². The summed E-state index contributed by atoms with van der Waals surface area (Å²) in [5, 5.41) is 32.7. The van der Waals surface area contributed by atoms with E-state index >= 15 is 0 Å². The number of carboxylic acids is 1. The third-order valence-electron chi connectivity index (χ3n) is 0. The first-order valence-corrected chi connectivity index (χ1v) is 1.63. The van der Waals surface area contributed by atoms with E-state index in [1.807, 2.05) is 0 Å². The molecule has 48 valence electrons. The van der Waals surface area contributed by atoms with Gasteiger partial charge in [0.2, 0.25) is 0 Å². The van der Waals surface area contributed by atoms with Crippen LogP contribution in [0, 0.1) is 0 Å². The molecule has 0 bridgehead atoms. The molecule has 1 N–H and O–H groups in total. The van der Waals surface area contributed by atoms with Crippen LogP contribution in [0.2, 0.25) is 0 Å². The fourth-order valence-corrected chi connectivity index (χ4v) is 0. The maximum Gasteiger partial charge on any atom is 1.00 e. The van der Waals surface area contributed by atoms with E-state index in [-0.39, 0.29) is 88.7 Å². The minimum absolute atomic E-state index is 0. The van der Waals surface area contributed by atoms with Crippen LogP contribution in [0.15, 0.2) is 0 Å². The van der Waals surface area contributed by atoms with Crippen molar-refractivity contribution in [3.63, 3.8) is 0 Å². The van der Waals surface area contributed by atoms with Gasteiger partial charge in [0, 0.05) is 6.92 Å². The van der Waals surface area contributed by atoms with E-state index in [1.165, 1.54) is 0 Å². The monoisotopic (exact) mass is 188 g/mol. The number of carboxylic acid groups (broad SMARTS) is 1. The second-order valence-electron chi connectivity index (χ2n) is 0.808. The van der Waals surface area contributed by atoms with Gasteiger partial charge < -0.3 is 20.2 Å². The first kappa shape index (κ1) is 29.2. The van der Waals surface area contributed by atoms with Gasteiger partial charge >= 0.3 is 88.7 Å². The quantitative estimate of drug-likeness (QED) is 0.379. The molecule has 11 heavy (non-hydrogen) atoms. The molecule has 0 fully saturated rings. The average Bonchev–Trinajstić information content (AvgIpc) is 1.25. The van der Waals surface area contributed by atoms with E-state index in [1.54, 1.807) is 0 Å². The molecule has 0 rings (SSSR count). The largest absolute Gasteiger partial charge is 1.00 e. The summed E-state index contributed by atoms with van der Waals surface area (Å²) in [6, 6.07) is 0. The van der Waals surface area contributed by atoms with Gasteiger partial charge in [-0.1, -0.05) is 0 Å². The van der Waals surface area contributed by atoms with Crippen molar-refractivity contribution < 1.29 is 114 Å². The van der Waals surface area contributed by atoms with Crippen LogP contribution in [-0.4, -0.2) is 18.4 Å². The van der Waals surface area contributed by atoms with Gasteiger partial charge in [0.15, 0.2) is 0 Å². The van der Waals surface area contributed by atoms with Crippen molar-refractivity contribution >= 4 is 13.3 Å². The summed E-state index contributed by atoms with van der Waals surface area (Å²) in [6.07, 6.45) is 0. The summed E-state index contributed by atoms with van der Waals surface area (Å²) in [5.74, 6) is -0.833. The van der Waals surface area contributed by atoms with Crippen LogP contribution >= 0.6 is 0 Å². The number of hydrogen-bond acceptors (Lipinski definition) is 4. The predicted molar refractivity (Wildman–Crippen MR) is 19.1 cm³/mol. The molecule has 0 amide bonds. The summed E-state index contributed by atoms with van der Waals surface area (Å²) in [6.45, 7) is 1.08. The second kappa shape index (κ2) is 22.8. The first-order valence-electron chi connectivity index (χ1n) is 1.63. The number of hydrogen-bond donors (Lipinski definition) is 1. The SMILES string of the molecule is CC(=O)O.[Na+].[Na+].[Na+].[O-]B([O-])[O-].